The molecule has 1 aliphatic heterocycles. The van der Waals surface area contributed by atoms with Gasteiger partial charge in [-0.15, -0.1) is 0 Å². The van der Waals surface area contributed by atoms with E-state index in [2.05, 4.69) is 23.0 Å². The molecular weight excluding hydrogens is 232 g/mol. The van der Waals surface area contributed by atoms with Gasteiger partial charge in [-0.2, -0.15) is 5.10 Å². The molecule has 1 fully saturated rings. The van der Waals surface area contributed by atoms with Crippen LogP contribution in [0.3, 0.4) is 0 Å². The number of carboxylic acids is 1. The highest BCUT2D eigenvalue weighted by molar-refractivity contribution is 5.79. The van der Waals surface area contributed by atoms with Gasteiger partial charge in [-0.3, -0.25) is 14.4 Å². The van der Waals surface area contributed by atoms with E-state index in [1.807, 2.05) is 11.7 Å². The topological polar surface area (TPSA) is 84.4 Å². The van der Waals surface area contributed by atoms with Gasteiger partial charge in [0.05, 0.1) is 11.4 Å². The van der Waals surface area contributed by atoms with Crippen LogP contribution in [-0.4, -0.2) is 44.4 Å². The van der Waals surface area contributed by atoms with Crippen molar-refractivity contribution in [2.24, 2.45) is 12.8 Å². The van der Waals surface area contributed by atoms with E-state index in [9.17, 15) is 4.79 Å². The van der Waals surface area contributed by atoms with Crippen LogP contribution in [0.25, 0.3) is 0 Å². The fourth-order valence-electron chi connectivity index (χ4n) is 2.35. The fraction of sp³-hybridized carbons (Fsp3) is 0.667. The second kappa shape index (κ2) is 4.70. The van der Waals surface area contributed by atoms with Crippen molar-refractivity contribution in [3.63, 3.8) is 0 Å². The number of carboxylic acid groups (broad SMARTS) is 1. The van der Waals surface area contributed by atoms with Gasteiger partial charge in [-0.25, -0.2) is 0 Å². The zero-order valence-electron chi connectivity index (χ0n) is 10.9. The van der Waals surface area contributed by atoms with Gasteiger partial charge in [0.1, 0.15) is 5.54 Å². The number of nitrogens with two attached hydrogens (primary N) is 1. The highest BCUT2D eigenvalue weighted by atomic mass is 16.4. The lowest BCUT2D eigenvalue weighted by Crippen LogP contribution is -2.50. The number of hydrogen-bond acceptors (Lipinski definition) is 4. The summed E-state index contributed by atoms with van der Waals surface area (Å²) < 4.78 is 1.86. The molecule has 100 valence electrons. The molecule has 6 heteroatoms. The number of rotatable bonds is 4. The summed E-state index contributed by atoms with van der Waals surface area (Å²) in [5.74, 6) is -0.913. The SMILES string of the molecule is CCc1cc(CN2CCC(N)(C(=O)O)C2)n(C)n1. The van der Waals surface area contributed by atoms with Crippen LogP contribution in [0.1, 0.15) is 24.7 Å². The Kier molecular flexibility index (Phi) is 3.41. The summed E-state index contributed by atoms with van der Waals surface area (Å²) in [7, 11) is 1.91. The van der Waals surface area contributed by atoms with Gasteiger partial charge in [-0.05, 0) is 18.9 Å². The Morgan fingerprint density at radius 1 is 1.67 bits per heavy atom. The largest absolute Gasteiger partial charge is 0.480 e. The van der Waals surface area contributed by atoms with E-state index in [-0.39, 0.29) is 0 Å². The van der Waals surface area contributed by atoms with Gasteiger partial charge in [0, 0.05) is 26.7 Å². The standard InChI is InChI=1S/C12H20N4O2/c1-3-9-6-10(15(2)14-9)7-16-5-4-12(13,8-16)11(17)18/h6H,3-5,7-8,13H2,1-2H3,(H,17,18). The van der Waals surface area contributed by atoms with E-state index in [4.69, 9.17) is 10.8 Å². The van der Waals surface area contributed by atoms with Crippen LogP contribution in [0.4, 0.5) is 0 Å². The first-order chi connectivity index (χ1) is 8.44. The average Bonchev–Trinajstić information content (AvgIpc) is 2.85. The Balaban J connectivity index is 2.03. The molecule has 6 nitrogen and oxygen atoms in total. The molecule has 0 bridgehead atoms. The fourth-order valence-corrected chi connectivity index (χ4v) is 2.35. The van der Waals surface area contributed by atoms with Crippen molar-refractivity contribution in [1.82, 2.24) is 14.7 Å². The third-order valence-electron chi connectivity index (χ3n) is 3.58. The number of likely N-dealkylation sites (tertiary alicyclic amines) is 1. The third kappa shape index (κ3) is 2.39. The van der Waals surface area contributed by atoms with Crippen molar-refractivity contribution < 1.29 is 9.90 Å². The number of hydrogen-bond donors (Lipinski definition) is 2. The highest BCUT2D eigenvalue weighted by Gasteiger charge is 2.41. The molecule has 18 heavy (non-hydrogen) atoms. The lowest BCUT2D eigenvalue weighted by molar-refractivity contribution is -0.142. The quantitative estimate of drug-likeness (QED) is 0.786. The molecule has 1 aromatic heterocycles. The van der Waals surface area contributed by atoms with Crippen LogP contribution in [0, 0.1) is 0 Å². The molecule has 1 saturated heterocycles. The lowest BCUT2D eigenvalue weighted by atomic mass is 10.0. The highest BCUT2D eigenvalue weighted by Crippen LogP contribution is 2.21. The molecular formula is C12H20N4O2. The Hall–Kier alpha value is -1.40. The van der Waals surface area contributed by atoms with E-state index in [1.54, 1.807) is 0 Å². The van der Waals surface area contributed by atoms with Crippen molar-refractivity contribution >= 4 is 5.97 Å². The summed E-state index contributed by atoms with van der Waals surface area (Å²) in [6, 6.07) is 2.07. The normalized spacial score (nSPS) is 24.6. The van der Waals surface area contributed by atoms with Crippen molar-refractivity contribution in [1.29, 1.82) is 0 Å². The van der Waals surface area contributed by atoms with E-state index in [0.29, 0.717) is 19.5 Å². The molecule has 1 atom stereocenters. The van der Waals surface area contributed by atoms with Gasteiger partial charge in [0.15, 0.2) is 0 Å². The molecule has 0 spiro atoms. The average molecular weight is 252 g/mol. The van der Waals surface area contributed by atoms with Crippen molar-refractivity contribution in [2.45, 2.75) is 31.8 Å². The van der Waals surface area contributed by atoms with Crippen LogP contribution >= 0.6 is 0 Å². The third-order valence-corrected chi connectivity index (χ3v) is 3.58. The predicted octanol–water partition coefficient (Wildman–Crippen LogP) is -0.0297. The molecule has 1 aliphatic rings. The van der Waals surface area contributed by atoms with Gasteiger partial charge < -0.3 is 10.8 Å². The molecule has 2 heterocycles. The van der Waals surface area contributed by atoms with Crippen LogP contribution in [0.15, 0.2) is 6.07 Å². The number of aromatic nitrogens is 2. The lowest BCUT2D eigenvalue weighted by Gasteiger charge is -2.19. The minimum absolute atomic E-state index is 0.398. The van der Waals surface area contributed by atoms with E-state index < -0.39 is 11.5 Å². The van der Waals surface area contributed by atoms with E-state index in [1.165, 1.54) is 0 Å². The monoisotopic (exact) mass is 252 g/mol. The smallest absolute Gasteiger partial charge is 0.325 e. The summed E-state index contributed by atoms with van der Waals surface area (Å²) in [5, 5.41) is 13.5. The number of aryl methyl sites for hydroxylation is 2. The molecule has 0 amide bonds. The minimum Gasteiger partial charge on any atom is -0.480 e. The van der Waals surface area contributed by atoms with Gasteiger partial charge in [-0.1, -0.05) is 6.92 Å². The van der Waals surface area contributed by atoms with E-state index in [0.717, 1.165) is 24.4 Å². The van der Waals surface area contributed by atoms with Crippen LogP contribution in [0.5, 0.6) is 0 Å². The van der Waals surface area contributed by atoms with Crippen molar-refractivity contribution in [3.05, 3.63) is 17.5 Å². The first-order valence-corrected chi connectivity index (χ1v) is 6.21. The van der Waals surface area contributed by atoms with Crippen LogP contribution in [-0.2, 0) is 24.8 Å². The first-order valence-electron chi connectivity index (χ1n) is 6.21. The molecule has 0 aliphatic carbocycles. The molecule has 0 aromatic carbocycles. The Morgan fingerprint density at radius 3 is 2.89 bits per heavy atom. The second-order valence-electron chi connectivity index (χ2n) is 5.03. The first kappa shape index (κ1) is 13.0. The zero-order chi connectivity index (χ0) is 13.3. The molecule has 3 N–H and O–H groups in total. The summed E-state index contributed by atoms with van der Waals surface area (Å²) in [6.45, 7) is 3.89. The second-order valence-corrected chi connectivity index (χ2v) is 5.03. The Bertz CT molecular complexity index is 457. The Morgan fingerprint density at radius 2 is 2.39 bits per heavy atom. The molecule has 0 saturated carbocycles. The zero-order valence-corrected chi connectivity index (χ0v) is 10.9. The number of aliphatic carboxylic acids is 1. The van der Waals surface area contributed by atoms with Gasteiger partial charge in [0.25, 0.3) is 0 Å². The molecule has 1 aromatic rings. The van der Waals surface area contributed by atoms with Gasteiger partial charge >= 0.3 is 5.97 Å². The maximum Gasteiger partial charge on any atom is 0.325 e. The summed E-state index contributed by atoms with van der Waals surface area (Å²) in [5.41, 5.74) is 6.92. The molecule has 2 rings (SSSR count). The van der Waals surface area contributed by atoms with Gasteiger partial charge in [0.2, 0.25) is 0 Å². The van der Waals surface area contributed by atoms with Crippen molar-refractivity contribution in [3.8, 4) is 0 Å². The predicted molar refractivity (Wildman–Crippen MR) is 67.0 cm³/mol. The maximum absolute atomic E-state index is 11.1. The number of carbonyl (C=O) groups is 1. The summed E-state index contributed by atoms with van der Waals surface area (Å²) in [4.78, 5) is 13.1. The van der Waals surface area contributed by atoms with Crippen molar-refractivity contribution in [2.75, 3.05) is 13.1 Å². The number of nitrogens with zero attached hydrogens (tertiary/aromatic N) is 3. The minimum atomic E-state index is -1.09. The summed E-state index contributed by atoms with van der Waals surface area (Å²) >= 11 is 0. The maximum atomic E-state index is 11.1. The van der Waals surface area contributed by atoms with E-state index >= 15 is 0 Å². The molecule has 1 unspecified atom stereocenters. The Labute approximate surface area is 106 Å². The molecule has 0 radical (unpaired) electrons. The summed E-state index contributed by atoms with van der Waals surface area (Å²) in [6.07, 6.45) is 1.41. The van der Waals surface area contributed by atoms with Crippen LogP contribution in [0.2, 0.25) is 0 Å². The van der Waals surface area contributed by atoms with Crippen LogP contribution < -0.4 is 5.73 Å².